The molecule has 2 nitrogen and oxygen atoms in total. The molecule has 0 amide bonds. The van der Waals surface area contributed by atoms with Crippen molar-refractivity contribution in [2.45, 2.75) is 58.8 Å². The lowest BCUT2D eigenvalue weighted by Crippen LogP contribution is -2.11. The lowest BCUT2D eigenvalue weighted by Gasteiger charge is -2.21. The molecule has 0 radical (unpaired) electrons. The van der Waals surface area contributed by atoms with Gasteiger partial charge in [0, 0.05) is 18.4 Å². The first kappa shape index (κ1) is 16.9. The molecule has 1 fully saturated rings. The van der Waals surface area contributed by atoms with Gasteiger partial charge in [0.1, 0.15) is 0 Å². The third kappa shape index (κ3) is 3.85. The lowest BCUT2D eigenvalue weighted by atomic mass is 9.85. The van der Waals surface area contributed by atoms with Gasteiger partial charge in [-0.05, 0) is 67.6 Å². The van der Waals surface area contributed by atoms with Crippen molar-refractivity contribution in [1.82, 2.24) is 0 Å². The van der Waals surface area contributed by atoms with Gasteiger partial charge in [-0.3, -0.25) is 0 Å². The van der Waals surface area contributed by atoms with E-state index in [0.717, 1.165) is 18.0 Å². The zero-order valence-electron chi connectivity index (χ0n) is 14.7. The van der Waals surface area contributed by atoms with Gasteiger partial charge in [-0.1, -0.05) is 38.5 Å². The highest BCUT2D eigenvalue weighted by atomic mass is 14.8. The number of unbranched alkanes of at least 4 members (excludes halogenated alkanes) is 1. The fraction of sp³-hybridized carbons (Fsp3) is 0.600. The number of nitrogens with two attached hydrogens (primary N) is 1. The molecule has 1 aromatic carbocycles. The van der Waals surface area contributed by atoms with E-state index in [1.807, 2.05) is 7.05 Å². The third-order valence-corrected chi connectivity index (χ3v) is 5.37. The minimum Gasteiger partial charge on any atom is -0.402 e. The van der Waals surface area contributed by atoms with Crippen LogP contribution in [-0.4, -0.2) is 7.05 Å². The zero-order valence-corrected chi connectivity index (χ0v) is 14.7. The summed E-state index contributed by atoms with van der Waals surface area (Å²) in [5, 5.41) is 3.25. The molecule has 0 heterocycles. The average Bonchev–Trinajstić information content (AvgIpc) is 3.01. The Bertz CT molecular complexity index is 518. The molecule has 3 unspecified atom stereocenters. The number of benzene rings is 1. The molecule has 0 spiro atoms. The molecule has 0 aromatic heterocycles. The van der Waals surface area contributed by atoms with Gasteiger partial charge in [0.15, 0.2) is 0 Å². The second-order valence-corrected chi connectivity index (χ2v) is 6.88. The number of rotatable bonds is 6. The Morgan fingerprint density at radius 3 is 2.82 bits per heavy atom. The SMILES string of the molecule is CCC/C=C(\N)C1CCC(C(C)c2ccc(NC)c(C)c2)C1. The molecular weight excluding hydrogens is 268 g/mol. The molecule has 1 aliphatic rings. The normalized spacial score (nSPS) is 23.5. The van der Waals surface area contributed by atoms with Crippen LogP contribution in [0, 0.1) is 18.8 Å². The Balaban J connectivity index is 2.02. The first-order valence-electron chi connectivity index (χ1n) is 8.80. The van der Waals surface area contributed by atoms with Crippen molar-refractivity contribution < 1.29 is 0 Å². The summed E-state index contributed by atoms with van der Waals surface area (Å²) in [5.41, 5.74) is 11.5. The van der Waals surface area contributed by atoms with Crippen molar-refractivity contribution in [2.24, 2.45) is 17.6 Å². The van der Waals surface area contributed by atoms with Crippen LogP contribution in [0.5, 0.6) is 0 Å². The predicted molar refractivity (Wildman–Crippen MR) is 97.2 cm³/mol. The molecule has 0 aliphatic heterocycles. The largest absolute Gasteiger partial charge is 0.402 e. The van der Waals surface area contributed by atoms with Crippen LogP contribution in [0.4, 0.5) is 5.69 Å². The molecule has 0 bridgehead atoms. The number of hydrogen-bond acceptors (Lipinski definition) is 2. The Labute approximate surface area is 136 Å². The third-order valence-electron chi connectivity index (χ3n) is 5.37. The highest BCUT2D eigenvalue weighted by molar-refractivity contribution is 5.52. The standard InChI is InChI=1S/C20H32N2/c1-5-6-7-19(21)18-9-8-17(13-18)15(3)16-10-11-20(22-4)14(2)12-16/h7,10-12,15,17-18,22H,5-6,8-9,13,21H2,1-4H3/b19-7-. The molecule has 1 aromatic rings. The lowest BCUT2D eigenvalue weighted by molar-refractivity contribution is 0.446. The maximum atomic E-state index is 6.28. The highest BCUT2D eigenvalue weighted by Gasteiger charge is 2.30. The molecule has 22 heavy (non-hydrogen) atoms. The van der Waals surface area contributed by atoms with E-state index in [1.165, 1.54) is 42.5 Å². The van der Waals surface area contributed by atoms with Gasteiger partial charge in [0.2, 0.25) is 0 Å². The molecule has 1 aliphatic carbocycles. The second kappa shape index (κ2) is 7.71. The fourth-order valence-electron chi connectivity index (χ4n) is 3.77. The molecule has 3 atom stereocenters. The van der Waals surface area contributed by atoms with E-state index in [0.29, 0.717) is 11.8 Å². The molecule has 1 saturated carbocycles. The first-order valence-corrected chi connectivity index (χ1v) is 8.80. The van der Waals surface area contributed by atoms with Crippen molar-refractivity contribution in [3.63, 3.8) is 0 Å². The Kier molecular flexibility index (Phi) is 5.93. The summed E-state index contributed by atoms with van der Waals surface area (Å²) >= 11 is 0. The maximum Gasteiger partial charge on any atom is 0.0367 e. The predicted octanol–water partition coefficient (Wildman–Crippen LogP) is 5.20. The molecule has 3 N–H and O–H groups in total. The van der Waals surface area contributed by atoms with Crippen molar-refractivity contribution in [1.29, 1.82) is 0 Å². The van der Waals surface area contributed by atoms with E-state index in [-0.39, 0.29) is 0 Å². The topological polar surface area (TPSA) is 38.0 Å². The minimum atomic E-state index is 0.608. The summed E-state index contributed by atoms with van der Waals surface area (Å²) in [6.45, 7) is 6.78. The molecule has 2 rings (SSSR count). The number of anilines is 1. The van der Waals surface area contributed by atoms with Crippen LogP contribution >= 0.6 is 0 Å². The van der Waals surface area contributed by atoms with Crippen molar-refractivity contribution in [2.75, 3.05) is 12.4 Å². The van der Waals surface area contributed by atoms with Crippen LogP contribution in [-0.2, 0) is 0 Å². The Morgan fingerprint density at radius 2 is 2.18 bits per heavy atom. The van der Waals surface area contributed by atoms with E-state index < -0.39 is 0 Å². The van der Waals surface area contributed by atoms with Gasteiger partial charge >= 0.3 is 0 Å². The van der Waals surface area contributed by atoms with Crippen molar-refractivity contribution in [3.8, 4) is 0 Å². The second-order valence-electron chi connectivity index (χ2n) is 6.88. The van der Waals surface area contributed by atoms with E-state index >= 15 is 0 Å². The van der Waals surface area contributed by atoms with Crippen LogP contribution in [0.25, 0.3) is 0 Å². The van der Waals surface area contributed by atoms with Crippen LogP contribution in [0.2, 0.25) is 0 Å². The highest BCUT2D eigenvalue weighted by Crippen LogP contribution is 2.42. The number of hydrogen-bond donors (Lipinski definition) is 2. The van der Waals surface area contributed by atoms with Gasteiger partial charge in [-0.25, -0.2) is 0 Å². The number of nitrogens with one attached hydrogen (secondary N) is 1. The molecule has 2 heteroatoms. The quantitative estimate of drug-likeness (QED) is 0.758. The Hall–Kier alpha value is -1.44. The van der Waals surface area contributed by atoms with Crippen LogP contribution < -0.4 is 11.1 Å². The van der Waals surface area contributed by atoms with E-state index in [4.69, 9.17) is 5.73 Å². The summed E-state index contributed by atoms with van der Waals surface area (Å²) in [4.78, 5) is 0. The molecular formula is C20H32N2. The van der Waals surface area contributed by atoms with Gasteiger partial charge in [0.25, 0.3) is 0 Å². The van der Waals surface area contributed by atoms with Crippen LogP contribution in [0.15, 0.2) is 30.0 Å². The number of allylic oxidation sites excluding steroid dienone is 2. The summed E-state index contributed by atoms with van der Waals surface area (Å²) in [5.74, 6) is 1.99. The van der Waals surface area contributed by atoms with Gasteiger partial charge < -0.3 is 11.1 Å². The Morgan fingerprint density at radius 1 is 1.41 bits per heavy atom. The summed E-state index contributed by atoms with van der Waals surface area (Å²) < 4.78 is 0. The maximum absolute atomic E-state index is 6.28. The van der Waals surface area contributed by atoms with Crippen LogP contribution in [0.1, 0.15) is 63.0 Å². The van der Waals surface area contributed by atoms with Crippen molar-refractivity contribution in [3.05, 3.63) is 41.1 Å². The van der Waals surface area contributed by atoms with Gasteiger partial charge in [0.05, 0.1) is 0 Å². The van der Waals surface area contributed by atoms with Gasteiger partial charge in [-0.15, -0.1) is 0 Å². The summed E-state index contributed by atoms with van der Waals surface area (Å²) in [6.07, 6.45) is 8.37. The smallest absolute Gasteiger partial charge is 0.0367 e. The van der Waals surface area contributed by atoms with Gasteiger partial charge in [-0.2, -0.15) is 0 Å². The summed E-state index contributed by atoms with van der Waals surface area (Å²) in [6, 6.07) is 6.84. The fourth-order valence-corrected chi connectivity index (χ4v) is 3.77. The monoisotopic (exact) mass is 300 g/mol. The average molecular weight is 300 g/mol. The number of aryl methyl sites for hydroxylation is 1. The van der Waals surface area contributed by atoms with Crippen molar-refractivity contribution >= 4 is 5.69 Å². The zero-order chi connectivity index (χ0) is 16.1. The first-order chi connectivity index (χ1) is 10.6. The molecule has 122 valence electrons. The minimum absolute atomic E-state index is 0.608. The van der Waals surface area contributed by atoms with Crippen LogP contribution in [0.3, 0.4) is 0 Å². The van der Waals surface area contributed by atoms with E-state index in [1.54, 1.807) is 0 Å². The van der Waals surface area contributed by atoms with E-state index in [9.17, 15) is 0 Å². The molecule has 0 saturated heterocycles. The van der Waals surface area contributed by atoms with E-state index in [2.05, 4.69) is 50.4 Å². The summed E-state index contributed by atoms with van der Waals surface area (Å²) in [7, 11) is 1.98.